The van der Waals surface area contributed by atoms with Crippen LogP contribution in [0.4, 0.5) is 0 Å². The summed E-state index contributed by atoms with van der Waals surface area (Å²) in [5.41, 5.74) is 0.0409. The van der Waals surface area contributed by atoms with Crippen molar-refractivity contribution in [3.63, 3.8) is 0 Å². The van der Waals surface area contributed by atoms with E-state index < -0.39 is 0 Å². The highest BCUT2D eigenvalue weighted by Gasteiger charge is 2.28. The normalized spacial score (nSPS) is 19.4. The summed E-state index contributed by atoms with van der Waals surface area (Å²) in [7, 11) is 0. The van der Waals surface area contributed by atoms with Gasteiger partial charge in [-0.1, -0.05) is 0 Å². The number of aryl methyl sites for hydroxylation is 1. The van der Waals surface area contributed by atoms with E-state index in [0.717, 1.165) is 19.6 Å². The predicted molar refractivity (Wildman–Crippen MR) is 71.4 cm³/mol. The average Bonchev–Trinajstić information content (AvgIpc) is 2.62. The highest BCUT2D eigenvalue weighted by Crippen LogP contribution is 2.18. The van der Waals surface area contributed by atoms with Gasteiger partial charge in [0.25, 0.3) is 0 Å². The molecule has 1 N–H and O–H groups in total. The Bertz CT molecular complexity index is 411. The van der Waals surface area contributed by atoms with Crippen LogP contribution in [0.15, 0.2) is 12.1 Å². The van der Waals surface area contributed by atoms with Crippen LogP contribution in [-0.2, 0) is 11.2 Å². The van der Waals surface area contributed by atoms with Gasteiger partial charge in [-0.25, -0.2) is 0 Å². The van der Waals surface area contributed by atoms with E-state index in [9.17, 15) is 4.79 Å². The van der Waals surface area contributed by atoms with E-state index in [-0.39, 0.29) is 11.4 Å². The van der Waals surface area contributed by atoms with Crippen LogP contribution >= 0.6 is 11.3 Å². The number of hydrogen-bond acceptors (Lipinski definition) is 3. The third kappa shape index (κ3) is 3.30. The highest BCUT2D eigenvalue weighted by molar-refractivity contribution is 7.12. The van der Waals surface area contributed by atoms with Crippen LogP contribution in [0.25, 0.3) is 0 Å². The summed E-state index contributed by atoms with van der Waals surface area (Å²) in [5.74, 6) is 0.251. The molecule has 0 radical (unpaired) electrons. The fourth-order valence-electron chi connectivity index (χ4n) is 2.20. The van der Waals surface area contributed by atoms with Gasteiger partial charge in [-0.05, 0) is 32.9 Å². The van der Waals surface area contributed by atoms with Crippen molar-refractivity contribution in [3.8, 4) is 0 Å². The Morgan fingerprint density at radius 2 is 2.29 bits per heavy atom. The second-order valence-electron chi connectivity index (χ2n) is 5.32. The van der Waals surface area contributed by atoms with Crippen molar-refractivity contribution in [3.05, 3.63) is 21.9 Å². The molecule has 0 spiro atoms. The largest absolute Gasteiger partial charge is 0.339 e. The molecule has 0 unspecified atom stereocenters. The first-order valence-corrected chi connectivity index (χ1v) is 6.86. The minimum atomic E-state index is 0.0409. The highest BCUT2D eigenvalue weighted by atomic mass is 32.1. The lowest BCUT2D eigenvalue weighted by Gasteiger charge is -2.39. The number of carbonyl (C=O) groups is 1. The molecular formula is C13H20N2OS. The number of piperazine rings is 1. The molecule has 2 rings (SSSR count). The van der Waals surface area contributed by atoms with Gasteiger partial charge < -0.3 is 10.2 Å². The Hall–Kier alpha value is -0.870. The molecule has 4 heteroatoms. The molecule has 0 atom stereocenters. The monoisotopic (exact) mass is 252 g/mol. The maximum atomic E-state index is 12.2. The Labute approximate surface area is 107 Å². The van der Waals surface area contributed by atoms with Crippen LogP contribution < -0.4 is 5.32 Å². The first-order chi connectivity index (χ1) is 7.96. The van der Waals surface area contributed by atoms with Gasteiger partial charge in [0.1, 0.15) is 0 Å². The summed E-state index contributed by atoms with van der Waals surface area (Å²) in [5, 5.41) is 3.42. The van der Waals surface area contributed by atoms with Crippen molar-refractivity contribution in [2.24, 2.45) is 0 Å². The van der Waals surface area contributed by atoms with Gasteiger partial charge in [0.2, 0.25) is 5.91 Å². The molecule has 1 fully saturated rings. The molecule has 0 saturated carbocycles. The summed E-state index contributed by atoms with van der Waals surface area (Å²) >= 11 is 1.72. The van der Waals surface area contributed by atoms with Gasteiger partial charge in [-0.3, -0.25) is 4.79 Å². The minimum Gasteiger partial charge on any atom is -0.339 e. The molecule has 94 valence electrons. The van der Waals surface area contributed by atoms with E-state index >= 15 is 0 Å². The molecule has 1 aromatic heterocycles. The van der Waals surface area contributed by atoms with Crippen LogP contribution in [0.2, 0.25) is 0 Å². The van der Waals surface area contributed by atoms with Gasteiger partial charge in [-0.15, -0.1) is 11.3 Å². The average molecular weight is 252 g/mol. The smallest absolute Gasteiger partial charge is 0.227 e. The number of nitrogens with zero attached hydrogens (tertiary/aromatic N) is 1. The van der Waals surface area contributed by atoms with Crippen LogP contribution in [-0.4, -0.2) is 36.0 Å². The lowest BCUT2D eigenvalue weighted by atomic mass is 10.0. The number of rotatable bonds is 2. The Morgan fingerprint density at radius 1 is 1.53 bits per heavy atom. The maximum Gasteiger partial charge on any atom is 0.227 e. The van der Waals surface area contributed by atoms with Crippen molar-refractivity contribution in [1.82, 2.24) is 10.2 Å². The van der Waals surface area contributed by atoms with E-state index in [4.69, 9.17) is 0 Å². The SMILES string of the molecule is Cc1ccc(CC(=O)N2CCNC(C)(C)C2)s1. The number of thiophene rings is 1. The number of hydrogen-bond donors (Lipinski definition) is 1. The first kappa shape index (κ1) is 12.6. The molecular weight excluding hydrogens is 232 g/mol. The zero-order chi connectivity index (χ0) is 12.5. The van der Waals surface area contributed by atoms with E-state index in [1.165, 1.54) is 9.75 Å². The lowest BCUT2D eigenvalue weighted by Crippen LogP contribution is -2.58. The summed E-state index contributed by atoms with van der Waals surface area (Å²) < 4.78 is 0. The van der Waals surface area contributed by atoms with Gasteiger partial charge in [0.05, 0.1) is 6.42 Å². The van der Waals surface area contributed by atoms with Crippen molar-refractivity contribution in [2.45, 2.75) is 32.7 Å². The molecule has 17 heavy (non-hydrogen) atoms. The quantitative estimate of drug-likeness (QED) is 0.870. The standard InChI is InChI=1S/C13H20N2OS/c1-10-4-5-11(17-10)8-12(16)15-7-6-14-13(2,3)9-15/h4-5,14H,6-9H2,1-3H3. The zero-order valence-corrected chi connectivity index (χ0v) is 11.6. The summed E-state index contributed by atoms with van der Waals surface area (Å²) in [6.45, 7) is 8.88. The third-order valence-electron chi connectivity index (χ3n) is 3.05. The van der Waals surface area contributed by atoms with Gasteiger partial charge in [0.15, 0.2) is 0 Å². The lowest BCUT2D eigenvalue weighted by molar-refractivity contribution is -0.132. The van der Waals surface area contributed by atoms with Crippen molar-refractivity contribution >= 4 is 17.2 Å². The molecule has 1 saturated heterocycles. The molecule has 0 aliphatic carbocycles. The predicted octanol–water partition coefficient (Wildman–Crippen LogP) is 1.81. The molecule has 1 aromatic rings. The van der Waals surface area contributed by atoms with Crippen LogP contribution in [0, 0.1) is 6.92 Å². The summed E-state index contributed by atoms with van der Waals surface area (Å²) in [6, 6.07) is 4.14. The van der Waals surface area contributed by atoms with Crippen LogP contribution in [0.3, 0.4) is 0 Å². The van der Waals surface area contributed by atoms with Crippen LogP contribution in [0.5, 0.6) is 0 Å². The fourth-order valence-corrected chi connectivity index (χ4v) is 3.08. The van der Waals surface area contributed by atoms with Crippen LogP contribution in [0.1, 0.15) is 23.6 Å². The molecule has 3 nitrogen and oxygen atoms in total. The zero-order valence-electron chi connectivity index (χ0n) is 10.7. The molecule has 0 aromatic carbocycles. The second-order valence-corrected chi connectivity index (χ2v) is 6.69. The second kappa shape index (κ2) is 4.78. The number of amides is 1. The summed E-state index contributed by atoms with van der Waals surface area (Å²) in [4.78, 5) is 16.6. The van der Waals surface area contributed by atoms with Gasteiger partial charge in [0, 0.05) is 34.9 Å². The molecule has 1 aliphatic rings. The van der Waals surface area contributed by atoms with Gasteiger partial charge in [-0.2, -0.15) is 0 Å². The van der Waals surface area contributed by atoms with E-state index in [2.05, 4.69) is 38.2 Å². The topological polar surface area (TPSA) is 32.3 Å². The molecule has 1 aliphatic heterocycles. The van der Waals surface area contributed by atoms with E-state index in [0.29, 0.717) is 6.42 Å². The Morgan fingerprint density at radius 3 is 2.88 bits per heavy atom. The van der Waals surface area contributed by atoms with Crippen molar-refractivity contribution in [2.75, 3.05) is 19.6 Å². The van der Waals surface area contributed by atoms with Crippen molar-refractivity contribution < 1.29 is 4.79 Å². The number of nitrogens with one attached hydrogen (secondary N) is 1. The third-order valence-corrected chi connectivity index (χ3v) is 4.05. The summed E-state index contributed by atoms with van der Waals surface area (Å²) in [6.07, 6.45) is 0.550. The Kier molecular flexibility index (Phi) is 3.54. The van der Waals surface area contributed by atoms with E-state index in [1.54, 1.807) is 11.3 Å². The fraction of sp³-hybridized carbons (Fsp3) is 0.615. The number of carbonyl (C=O) groups excluding carboxylic acids is 1. The van der Waals surface area contributed by atoms with E-state index in [1.807, 2.05) is 4.90 Å². The molecule has 1 amide bonds. The molecule has 2 heterocycles. The molecule has 0 bridgehead atoms. The van der Waals surface area contributed by atoms with Crippen molar-refractivity contribution in [1.29, 1.82) is 0 Å². The minimum absolute atomic E-state index is 0.0409. The maximum absolute atomic E-state index is 12.2. The Balaban J connectivity index is 1.96. The first-order valence-electron chi connectivity index (χ1n) is 6.04. The van der Waals surface area contributed by atoms with Gasteiger partial charge >= 0.3 is 0 Å².